The second-order valence-corrected chi connectivity index (χ2v) is 8.40. The van der Waals surface area contributed by atoms with E-state index in [1.807, 2.05) is 60.7 Å². The number of hydrogen-bond acceptors (Lipinski definition) is 5. The third-order valence-corrected chi connectivity index (χ3v) is 5.72. The summed E-state index contributed by atoms with van der Waals surface area (Å²) < 4.78 is 7.99. The van der Waals surface area contributed by atoms with Crippen molar-refractivity contribution in [3.8, 4) is 11.4 Å². The van der Waals surface area contributed by atoms with Gasteiger partial charge in [-0.05, 0) is 47.6 Å². The molecule has 0 amide bonds. The second-order valence-electron chi connectivity index (χ2n) is 7.17. The molecule has 4 rings (SSSR count). The Morgan fingerprint density at radius 1 is 0.871 bits per heavy atom. The molecule has 4 aromatic rings. The molecule has 0 bridgehead atoms. The minimum Gasteiger partial charge on any atom is -0.489 e. The van der Waals surface area contributed by atoms with Crippen molar-refractivity contribution in [3.63, 3.8) is 0 Å². The largest absolute Gasteiger partial charge is 0.489 e. The van der Waals surface area contributed by atoms with E-state index < -0.39 is 0 Å². The maximum absolute atomic E-state index is 6.56. The summed E-state index contributed by atoms with van der Waals surface area (Å²) in [4.78, 5) is 0. The quantitative estimate of drug-likeness (QED) is 0.370. The van der Waals surface area contributed by atoms with Crippen molar-refractivity contribution >= 4 is 11.8 Å². The highest BCUT2D eigenvalue weighted by atomic mass is 32.2. The predicted octanol–water partition coefficient (Wildman–Crippen LogP) is 5.20. The zero-order chi connectivity index (χ0) is 21.5. The topological polar surface area (TPSA) is 66.0 Å². The summed E-state index contributed by atoms with van der Waals surface area (Å²) in [5.74, 6) is 2.49. The van der Waals surface area contributed by atoms with Crippen LogP contribution in [0.3, 0.4) is 0 Å². The molecule has 158 valence electrons. The summed E-state index contributed by atoms with van der Waals surface area (Å²) in [5.41, 5.74) is 9.86. The van der Waals surface area contributed by atoms with Crippen LogP contribution in [0.4, 0.5) is 0 Å². The van der Waals surface area contributed by atoms with Crippen molar-refractivity contribution in [2.45, 2.75) is 31.1 Å². The number of ether oxygens (including phenoxy) is 1. The molecule has 1 atom stereocenters. The van der Waals surface area contributed by atoms with E-state index >= 15 is 0 Å². The lowest BCUT2D eigenvalue weighted by Crippen LogP contribution is -2.19. The normalized spacial score (nSPS) is 11.9. The maximum Gasteiger partial charge on any atom is 0.195 e. The number of nitrogens with zero attached hydrogens (tertiary/aromatic N) is 3. The lowest BCUT2D eigenvalue weighted by atomic mass is 10.1. The number of benzene rings is 3. The fourth-order valence-corrected chi connectivity index (χ4v) is 4.06. The molecule has 0 radical (unpaired) electrons. The van der Waals surface area contributed by atoms with Crippen molar-refractivity contribution in [1.82, 2.24) is 14.8 Å². The maximum atomic E-state index is 6.56. The summed E-state index contributed by atoms with van der Waals surface area (Å²) in [6, 6.07) is 28.1. The van der Waals surface area contributed by atoms with Gasteiger partial charge in [0.15, 0.2) is 11.0 Å². The first-order valence-corrected chi connectivity index (χ1v) is 11.4. The molecule has 0 spiro atoms. The van der Waals surface area contributed by atoms with Gasteiger partial charge >= 0.3 is 0 Å². The van der Waals surface area contributed by atoms with Crippen LogP contribution in [0.15, 0.2) is 90.1 Å². The molecule has 0 saturated heterocycles. The number of nitrogens with two attached hydrogens (primary N) is 1. The number of rotatable bonds is 9. The highest BCUT2D eigenvalue weighted by Crippen LogP contribution is 2.27. The molecule has 31 heavy (non-hydrogen) atoms. The molecule has 5 nitrogen and oxygen atoms in total. The van der Waals surface area contributed by atoms with E-state index in [1.54, 1.807) is 11.8 Å². The van der Waals surface area contributed by atoms with Gasteiger partial charge in [0.05, 0.1) is 6.04 Å². The van der Waals surface area contributed by atoms with E-state index in [0.29, 0.717) is 13.0 Å². The van der Waals surface area contributed by atoms with Gasteiger partial charge < -0.3 is 10.5 Å². The Labute approximate surface area is 187 Å². The van der Waals surface area contributed by atoms with Crippen molar-refractivity contribution in [1.29, 1.82) is 0 Å². The van der Waals surface area contributed by atoms with Gasteiger partial charge in [0.25, 0.3) is 0 Å². The Morgan fingerprint density at radius 2 is 1.52 bits per heavy atom. The van der Waals surface area contributed by atoms with E-state index in [-0.39, 0.29) is 6.04 Å². The first-order valence-electron chi connectivity index (χ1n) is 10.4. The average Bonchev–Trinajstić information content (AvgIpc) is 3.23. The molecule has 0 aliphatic rings. The minimum absolute atomic E-state index is 0.255. The highest BCUT2D eigenvalue weighted by Gasteiger charge is 2.20. The van der Waals surface area contributed by atoms with Gasteiger partial charge in [-0.3, -0.25) is 4.57 Å². The van der Waals surface area contributed by atoms with Gasteiger partial charge in [-0.2, -0.15) is 0 Å². The smallest absolute Gasteiger partial charge is 0.195 e. The standard InChI is InChI=1S/C25H26N4OS/c1-2-31-25-28-27-24(23(26)17-19-9-5-3-6-10-19)29(25)21-13-15-22(16-14-21)30-18-20-11-7-4-8-12-20/h3-16,23H,2,17-18,26H2,1H3/t23-/m0/s1. The average molecular weight is 431 g/mol. The lowest BCUT2D eigenvalue weighted by Gasteiger charge is -2.15. The fraction of sp³-hybridized carbons (Fsp3) is 0.200. The molecular weight excluding hydrogens is 404 g/mol. The van der Waals surface area contributed by atoms with Crippen LogP contribution in [0, 0.1) is 0 Å². The van der Waals surface area contributed by atoms with Gasteiger partial charge in [-0.15, -0.1) is 10.2 Å². The van der Waals surface area contributed by atoms with Crippen molar-refractivity contribution in [2.24, 2.45) is 5.73 Å². The van der Waals surface area contributed by atoms with Crippen LogP contribution in [0.2, 0.25) is 0 Å². The second kappa shape index (κ2) is 10.3. The Balaban J connectivity index is 1.55. The molecule has 2 N–H and O–H groups in total. The minimum atomic E-state index is -0.255. The molecular formula is C25H26N4OS. The molecule has 0 aliphatic heterocycles. The zero-order valence-electron chi connectivity index (χ0n) is 17.5. The van der Waals surface area contributed by atoms with Crippen LogP contribution >= 0.6 is 11.8 Å². The summed E-state index contributed by atoms with van der Waals surface area (Å²) in [6.45, 7) is 2.64. The number of aromatic nitrogens is 3. The molecule has 3 aromatic carbocycles. The summed E-state index contributed by atoms with van der Waals surface area (Å²) in [7, 11) is 0. The summed E-state index contributed by atoms with van der Waals surface area (Å²) >= 11 is 1.66. The SMILES string of the molecule is CCSc1nnc([C@@H](N)Cc2ccccc2)n1-c1ccc(OCc2ccccc2)cc1. The summed E-state index contributed by atoms with van der Waals surface area (Å²) in [5, 5.41) is 9.70. The van der Waals surface area contributed by atoms with E-state index in [9.17, 15) is 0 Å². The van der Waals surface area contributed by atoms with Gasteiger partial charge in [0.2, 0.25) is 0 Å². The zero-order valence-corrected chi connectivity index (χ0v) is 18.3. The molecule has 0 fully saturated rings. The van der Waals surface area contributed by atoms with Crippen LogP contribution in [0.25, 0.3) is 5.69 Å². The Morgan fingerprint density at radius 3 is 2.16 bits per heavy atom. The Bertz CT molecular complexity index is 1080. The van der Waals surface area contributed by atoms with Gasteiger partial charge in [-0.1, -0.05) is 79.3 Å². The van der Waals surface area contributed by atoms with Crippen LogP contribution in [-0.4, -0.2) is 20.5 Å². The third-order valence-electron chi connectivity index (χ3n) is 4.91. The predicted molar refractivity (Wildman–Crippen MR) is 126 cm³/mol. The highest BCUT2D eigenvalue weighted by molar-refractivity contribution is 7.99. The molecule has 1 aromatic heterocycles. The van der Waals surface area contributed by atoms with E-state index in [1.165, 1.54) is 5.56 Å². The first kappa shape index (κ1) is 21.2. The first-order chi connectivity index (χ1) is 15.2. The van der Waals surface area contributed by atoms with Crippen molar-refractivity contribution < 1.29 is 4.74 Å². The van der Waals surface area contributed by atoms with Crippen LogP contribution < -0.4 is 10.5 Å². The summed E-state index contributed by atoms with van der Waals surface area (Å²) in [6.07, 6.45) is 0.702. The Kier molecular flexibility index (Phi) is 7.02. The monoisotopic (exact) mass is 430 g/mol. The van der Waals surface area contributed by atoms with Crippen molar-refractivity contribution in [2.75, 3.05) is 5.75 Å². The lowest BCUT2D eigenvalue weighted by molar-refractivity contribution is 0.306. The molecule has 0 aliphatic carbocycles. The third kappa shape index (κ3) is 5.34. The van der Waals surface area contributed by atoms with E-state index in [4.69, 9.17) is 10.5 Å². The van der Waals surface area contributed by atoms with E-state index in [2.05, 4.69) is 46.0 Å². The van der Waals surface area contributed by atoms with Crippen LogP contribution in [0.5, 0.6) is 5.75 Å². The molecule has 0 saturated carbocycles. The van der Waals surface area contributed by atoms with Crippen molar-refractivity contribution in [3.05, 3.63) is 102 Å². The van der Waals surface area contributed by atoms with Crippen LogP contribution in [0.1, 0.15) is 29.9 Å². The van der Waals surface area contributed by atoms with Gasteiger partial charge in [-0.25, -0.2) is 0 Å². The van der Waals surface area contributed by atoms with Gasteiger partial charge in [0.1, 0.15) is 12.4 Å². The van der Waals surface area contributed by atoms with Crippen LogP contribution in [-0.2, 0) is 13.0 Å². The van der Waals surface area contributed by atoms with Gasteiger partial charge in [0, 0.05) is 5.69 Å². The number of hydrogen-bond donors (Lipinski definition) is 1. The fourth-order valence-electron chi connectivity index (χ4n) is 3.38. The molecule has 6 heteroatoms. The molecule has 1 heterocycles. The number of thioether (sulfide) groups is 1. The van der Waals surface area contributed by atoms with E-state index in [0.717, 1.165) is 33.7 Å². The Hall–Kier alpha value is -3.09. The molecule has 0 unspecified atom stereocenters.